The van der Waals surface area contributed by atoms with Crippen molar-refractivity contribution in [2.24, 2.45) is 16.2 Å². The molecule has 0 saturated heterocycles. The number of ether oxygens (including phenoxy) is 1. The van der Waals surface area contributed by atoms with Gasteiger partial charge in [-0.2, -0.15) is 0 Å². The molecule has 9 nitrogen and oxygen atoms in total. The lowest BCUT2D eigenvalue weighted by Crippen LogP contribution is -2.17. The number of anilines is 1. The minimum Gasteiger partial charge on any atom is -0.406 e. The fourth-order valence-electron chi connectivity index (χ4n) is 2.33. The topological polar surface area (TPSA) is 120 Å². The Balaban J connectivity index is 1.60. The Hall–Kier alpha value is -3.96. The van der Waals surface area contributed by atoms with Crippen molar-refractivity contribution in [3.63, 3.8) is 0 Å². The number of amides is 1. The van der Waals surface area contributed by atoms with E-state index in [-0.39, 0.29) is 5.75 Å². The van der Waals surface area contributed by atoms with Gasteiger partial charge in [0, 0.05) is 12.1 Å². The monoisotopic (exact) mass is 405 g/mol. The molecule has 3 rings (SSSR count). The van der Waals surface area contributed by atoms with Crippen LogP contribution in [0.25, 0.3) is 5.69 Å². The quantitative estimate of drug-likeness (QED) is 0.369. The van der Waals surface area contributed by atoms with E-state index in [1.165, 1.54) is 35.3 Å². The number of hydrogen-bond donors (Lipinski definition) is 2. The van der Waals surface area contributed by atoms with E-state index in [2.05, 4.69) is 30.5 Å². The molecule has 1 amide bonds. The van der Waals surface area contributed by atoms with Crippen LogP contribution in [-0.4, -0.2) is 27.0 Å². The summed E-state index contributed by atoms with van der Waals surface area (Å²) in [4.78, 5) is 15.6. The van der Waals surface area contributed by atoms with Gasteiger partial charge in [-0.25, -0.2) is 9.67 Å². The van der Waals surface area contributed by atoms with Crippen molar-refractivity contribution >= 4 is 11.9 Å². The summed E-state index contributed by atoms with van der Waals surface area (Å²) in [5.41, 5.74) is 1.72. The van der Waals surface area contributed by atoms with Gasteiger partial charge >= 0.3 is 6.36 Å². The van der Waals surface area contributed by atoms with E-state index in [0.29, 0.717) is 23.7 Å². The number of benzene rings is 2. The Morgan fingerprint density at radius 2 is 1.83 bits per heavy atom. The zero-order valence-corrected chi connectivity index (χ0v) is 14.7. The molecule has 2 aromatic carbocycles. The molecular weight excluding hydrogens is 391 g/mol. The standard InChI is InChI=1S/C17H14F3N7O2/c18-17(19,20)29-14-7-5-13(6-8-14)27-10-23-16(25-27)22-9-11-1-3-12(4-2-11)15(28)24-26-21/h1-8,10H,9H2,(H,22,25)(H2,21,24,28). The third-order valence-electron chi connectivity index (χ3n) is 3.63. The van der Waals surface area contributed by atoms with Crippen LogP contribution >= 0.6 is 0 Å². The van der Waals surface area contributed by atoms with Crippen LogP contribution < -0.4 is 15.9 Å². The molecule has 0 aliphatic heterocycles. The number of nitrogens with zero attached hydrogens (tertiary/aromatic N) is 5. The number of alkyl halides is 3. The highest BCUT2D eigenvalue weighted by atomic mass is 19.4. The van der Waals surface area contributed by atoms with Crippen molar-refractivity contribution in [3.05, 3.63) is 66.0 Å². The summed E-state index contributed by atoms with van der Waals surface area (Å²) < 4.78 is 41.8. The molecule has 1 aromatic heterocycles. The molecule has 3 N–H and O–H groups in total. The molecule has 1 heterocycles. The van der Waals surface area contributed by atoms with Gasteiger partial charge in [-0.3, -0.25) is 4.79 Å². The van der Waals surface area contributed by atoms with Crippen LogP contribution in [0.15, 0.2) is 65.2 Å². The summed E-state index contributed by atoms with van der Waals surface area (Å²) in [6.07, 6.45) is -3.33. The second-order valence-corrected chi connectivity index (χ2v) is 5.63. The lowest BCUT2D eigenvalue weighted by molar-refractivity contribution is -0.274. The average molecular weight is 405 g/mol. The maximum absolute atomic E-state index is 12.2. The molecule has 0 radical (unpaired) electrons. The van der Waals surface area contributed by atoms with E-state index >= 15 is 0 Å². The van der Waals surface area contributed by atoms with E-state index in [1.807, 2.05) is 0 Å². The fourth-order valence-corrected chi connectivity index (χ4v) is 2.33. The maximum atomic E-state index is 12.2. The van der Waals surface area contributed by atoms with Crippen LogP contribution in [0.3, 0.4) is 0 Å². The molecule has 0 spiro atoms. The van der Waals surface area contributed by atoms with Gasteiger partial charge < -0.3 is 15.9 Å². The minimum absolute atomic E-state index is 0.317. The van der Waals surface area contributed by atoms with Crippen LogP contribution in [0.4, 0.5) is 19.1 Å². The molecule has 0 unspecified atom stereocenters. The number of rotatable bonds is 6. The van der Waals surface area contributed by atoms with Gasteiger partial charge in [0.05, 0.1) is 5.69 Å². The zero-order valence-electron chi connectivity index (χ0n) is 14.7. The first-order valence-corrected chi connectivity index (χ1v) is 8.10. The van der Waals surface area contributed by atoms with Gasteiger partial charge in [0.15, 0.2) is 0 Å². The first-order chi connectivity index (χ1) is 13.8. The van der Waals surface area contributed by atoms with Gasteiger partial charge in [0.2, 0.25) is 5.95 Å². The molecule has 0 fully saturated rings. The summed E-state index contributed by atoms with van der Waals surface area (Å²) in [6.45, 7) is 0.384. The molecule has 0 aliphatic rings. The number of aromatic nitrogens is 3. The maximum Gasteiger partial charge on any atom is 0.573 e. The normalized spacial score (nSPS) is 11.6. The second kappa shape index (κ2) is 8.37. The van der Waals surface area contributed by atoms with E-state index < -0.39 is 12.3 Å². The number of carbonyl (C=O) groups is 1. The Morgan fingerprint density at radius 1 is 1.14 bits per heavy atom. The van der Waals surface area contributed by atoms with Crippen molar-refractivity contribution in [2.45, 2.75) is 12.9 Å². The van der Waals surface area contributed by atoms with Crippen LogP contribution in [0.5, 0.6) is 5.75 Å². The smallest absolute Gasteiger partial charge is 0.406 e. The fraction of sp³-hybridized carbons (Fsp3) is 0.118. The number of hydrogen-bond acceptors (Lipinski definition) is 6. The third-order valence-corrected chi connectivity index (χ3v) is 3.63. The van der Waals surface area contributed by atoms with E-state index in [0.717, 1.165) is 5.56 Å². The number of nitrogens with two attached hydrogens (primary N) is 1. The highest BCUT2D eigenvalue weighted by Gasteiger charge is 2.30. The van der Waals surface area contributed by atoms with E-state index in [4.69, 9.17) is 5.84 Å². The minimum atomic E-state index is -4.74. The van der Waals surface area contributed by atoms with Crippen molar-refractivity contribution < 1.29 is 22.7 Å². The number of nitrogens with one attached hydrogen (secondary N) is 1. The number of halogens is 3. The number of carbonyl (C=O) groups excluding carboxylic acids is 1. The Labute approximate surface area is 162 Å². The van der Waals surface area contributed by atoms with Gasteiger partial charge in [-0.1, -0.05) is 22.5 Å². The molecule has 12 heteroatoms. The van der Waals surface area contributed by atoms with Crippen LogP contribution in [0.2, 0.25) is 0 Å². The van der Waals surface area contributed by atoms with Crippen molar-refractivity contribution in [1.82, 2.24) is 14.8 Å². The molecule has 29 heavy (non-hydrogen) atoms. The van der Waals surface area contributed by atoms with Gasteiger partial charge in [-0.15, -0.1) is 18.3 Å². The molecule has 0 atom stereocenters. The summed E-state index contributed by atoms with van der Waals surface area (Å²) in [7, 11) is 0. The van der Waals surface area contributed by atoms with Gasteiger partial charge in [0.25, 0.3) is 5.91 Å². The highest BCUT2D eigenvalue weighted by Crippen LogP contribution is 2.23. The second-order valence-electron chi connectivity index (χ2n) is 5.63. The summed E-state index contributed by atoms with van der Waals surface area (Å²) in [6, 6.07) is 11.8. The average Bonchev–Trinajstić information content (AvgIpc) is 3.15. The Bertz CT molecular complexity index is 999. The van der Waals surface area contributed by atoms with E-state index in [1.54, 1.807) is 24.3 Å². The predicted molar refractivity (Wildman–Crippen MR) is 95.2 cm³/mol. The molecule has 0 bridgehead atoms. The third kappa shape index (κ3) is 5.51. The SMILES string of the molecule is NN=NC(=O)c1ccc(CNc2ncn(-c3ccc(OC(F)(F)F)cc3)n2)cc1. The van der Waals surface area contributed by atoms with Crippen molar-refractivity contribution in [2.75, 3.05) is 5.32 Å². The van der Waals surface area contributed by atoms with E-state index in [9.17, 15) is 18.0 Å². The van der Waals surface area contributed by atoms with Gasteiger partial charge in [0.1, 0.15) is 12.1 Å². The lowest BCUT2D eigenvalue weighted by Gasteiger charge is -2.09. The molecule has 0 aliphatic carbocycles. The first kappa shape index (κ1) is 19.8. The van der Waals surface area contributed by atoms with Crippen LogP contribution in [0.1, 0.15) is 15.9 Å². The first-order valence-electron chi connectivity index (χ1n) is 8.10. The van der Waals surface area contributed by atoms with Crippen LogP contribution in [-0.2, 0) is 6.54 Å². The predicted octanol–water partition coefficient (Wildman–Crippen LogP) is 3.24. The summed E-state index contributed by atoms with van der Waals surface area (Å²) >= 11 is 0. The summed E-state index contributed by atoms with van der Waals surface area (Å²) in [5, 5.41) is 13.4. The van der Waals surface area contributed by atoms with Gasteiger partial charge in [-0.05, 0) is 42.0 Å². The summed E-state index contributed by atoms with van der Waals surface area (Å²) in [5.74, 6) is 4.30. The van der Waals surface area contributed by atoms with Crippen LogP contribution in [0, 0.1) is 0 Å². The zero-order chi connectivity index (χ0) is 20.9. The largest absolute Gasteiger partial charge is 0.573 e. The Morgan fingerprint density at radius 3 is 2.45 bits per heavy atom. The lowest BCUT2D eigenvalue weighted by atomic mass is 10.1. The van der Waals surface area contributed by atoms with Crippen molar-refractivity contribution in [1.29, 1.82) is 0 Å². The molecular formula is C17H14F3N7O2. The van der Waals surface area contributed by atoms with Crippen molar-refractivity contribution in [3.8, 4) is 11.4 Å². The molecule has 0 saturated carbocycles. The highest BCUT2D eigenvalue weighted by molar-refractivity contribution is 5.94. The molecule has 3 aromatic rings. The Kier molecular flexibility index (Phi) is 5.71. The molecule has 150 valence electrons.